The summed E-state index contributed by atoms with van der Waals surface area (Å²) < 4.78 is 4.76. The maximum Gasteiger partial charge on any atom is 0.306 e. The molecule has 72 valence electrons. The van der Waals surface area contributed by atoms with E-state index >= 15 is 0 Å². The summed E-state index contributed by atoms with van der Waals surface area (Å²) in [4.78, 5) is 32.5. The molecule has 1 atom stereocenters. The van der Waals surface area contributed by atoms with Crippen LogP contribution in [0.25, 0.3) is 0 Å². The highest BCUT2D eigenvalue weighted by Crippen LogP contribution is 2.07. The zero-order valence-electron chi connectivity index (χ0n) is 7.33. The second kappa shape index (κ2) is 4.02. The van der Waals surface area contributed by atoms with Crippen LogP contribution in [0, 0.1) is 0 Å². The highest BCUT2D eigenvalue weighted by atomic mass is 16.5. The van der Waals surface area contributed by atoms with Crippen molar-refractivity contribution in [2.75, 3.05) is 0 Å². The molecule has 5 nitrogen and oxygen atoms in total. The Labute approximate surface area is 75.4 Å². The Bertz CT molecular complexity index is 249. The normalized spacial score (nSPS) is 21.5. The summed E-state index contributed by atoms with van der Waals surface area (Å²) in [5.41, 5.74) is 0. The molecule has 1 N–H and O–H groups in total. The molecule has 0 aromatic carbocycles. The fraction of sp³-hybridized carbons (Fsp3) is 0.625. The van der Waals surface area contributed by atoms with Crippen LogP contribution in [0.4, 0.5) is 0 Å². The second-order valence-corrected chi connectivity index (χ2v) is 2.85. The minimum Gasteiger partial charge on any atom is -0.452 e. The molecule has 0 aromatic rings. The van der Waals surface area contributed by atoms with Gasteiger partial charge in [0.05, 0.1) is 6.42 Å². The van der Waals surface area contributed by atoms with Crippen molar-refractivity contribution in [3.8, 4) is 0 Å². The van der Waals surface area contributed by atoms with E-state index in [1.165, 1.54) is 0 Å². The molecule has 1 unspecified atom stereocenters. The van der Waals surface area contributed by atoms with Crippen LogP contribution in [0.1, 0.15) is 26.2 Å². The zero-order chi connectivity index (χ0) is 9.84. The van der Waals surface area contributed by atoms with Gasteiger partial charge in [-0.1, -0.05) is 6.92 Å². The van der Waals surface area contributed by atoms with Crippen LogP contribution in [0.15, 0.2) is 0 Å². The summed E-state index contributed by atoms with van der Waals surface area (Å²) in [6, 6.07) is 0. The number of carbonyl (C=O) groups is 3. The molecule has 2 amide bonds. The van der Waals surface area contributed by atoms with E-state index in [1.807, 2.05) is 6.92 Å². The van der Waals surface area contributed by atoms with Crippen molar-refractivity contribution in [2.45, 2.75) is 32.3 Å². The van der Waals surface area contributed by atoms with E-state index in [2.05, 4.69) is 5.32 Å². The third kappa shape index (κ3) is 2.54. The van der Waals surface area contributed by atoms with Crippen molar-refractivity contribution in [3.05, 3.63) is 0 Å². The summed E-state index contributed by atoms with van der Waals surface area (Å²) in [5.74, 6) is -1.34. The summed E-state index contributed by atoms with van der Waals surface area (Å²) >= 11 is 0. The SMILES string of the molecule is CCCC(=O)OC1CC(=O)NC1=O. The first kappa shape index (κ1) is 9.70. The van der Waals surface area contributed by atoms with Crippen molar-refractivity contribution in [2.24, 2.45) is 0 Å². The van der Waals surface area contributed by atoms with Gasteiger partial charge in [0.25, 0.3) is 5.91 Å². The van der Waals surface area contributed by atoms with E-state index in [-0.39, 0.29) is 18.7 Å². The van der Waals surface area contributed by atoms with E-state index in [4.69, 9.17) is 4.74 Å². The molecule has 1 aliphatic rings. The first-order chi connectivity index (χ1) is 6.13. The predicted molar refractivity (Wildman–Crippen MR) is 42.6 cm³/mol. The van der Waals surface area contributed by atoms with Crippen LogP contribution in [0.5, 0.6) is 0 Å². The maximum atomic E-state index is 10.9. The number of rotatable bonds is 3. The number of esters is 1. The van der Waals surface area contributed by atoms with Gasteiger partial charge in [-0.05, 0) is 6.42 Å². The minimum atomic E-state index is -0.911. The van der Waals surface area contributed by atoms with Crippen LogP contribution in [0.2, 0.25) is 0 Å². The fourth-order valence-corrected chi connectivity index (χ4v) is 1.05. The first-order valence-corrected chi connectivity index (χ1v) is 4.16. The van der Waals surface area contributed by atoms with Gasteiger partial charge in [0.1, 0.15) is 0 Å². The number of hydrogen-bond donors (Lipinski definition) is 1. The number of carbonyl (C=O) groups excluding carboxylic acids is 3. The van der Waals surface area contributed by atoms with Crippen molar-refractivity contribution in [1.82, 2.24) is 5.32 Å². The van der Waals surface area contributed by atoms with Gasteiger partial charge in [-0.2, -0.15) is 0 Å². The van der Waals surface area contributed by atoms with Crippen LogP contribution in [-0.2, 0) is 19.1 Å². The van der Waals surface area contributed by atoms with E-state index in [0.717, 1.165) is 0 Å². The molecule has 0 spiro atoms. The molecule has 5 heteroatoms. The molecular weight excluding hydrogens is 174 g/mol. The largest absolute Gasteiger partial charge is 0.452 e. The average Bonchev–Trinajstić information content (AvgIpc) is 2.30. The number of ether oxygens (including phenoxy) is 1. The summed E-state index contributed by atoms with van der Waals surface area (Å²) in [5, 5.41) is 2.06. The Morgan fingerprint density at radius 3 is 2.77 bits per heavy atom. The lowest BCUT2D eigenvalue weighted by Crippen LogP contribution is -2.28. The minimum absolute atomic E-state index is 0.0473. The highest BCUT2D eigenvalue weighted by Gasteiger charge is 2.33. The third-order valence-corrected chi connectivity index (χ3v) is 1.65. The molecule has 0 aliphatic carbocycles. The molecule has 13 heavy (non-hydrogen) atoms. The van der Waals surface area contributed by atoms with Gasteiger partial charge in [0.15, 0.2) is 6.10 Å². The van der Waals surface area contributed by atoms with Crippen molar-refractivity contribution >= 4 is 17.8 Å². The third-order valence-electron chi connectivity index (χ3n) is 1.65. The zero-order valence-corrected chi connectivity index (χ0v) is 7.33. The van der Waals surface area contributed by atoms with Crippen LogP contribution in [0.3, 0.4) is 0 Å². The summed E-state index contributed by atoms with van der Waals surface area (Å²) in [6.07, 6.45) is -0.0144. The van der Waals surface area contributed by atoms with Crippen molar-refractivity contribution < 1.29 is 19.1 Å². The number of imide groups is 1. The van der Waals surface area contributed by atoms with Crippen LogP contribution in [-0.4, -0.2) is 23.9 Å². The lowest BCUT2D eigenvalue weighted by Gasteiger charge is -2.06. The molecule has 1 aliphatic heterocycles. The highest BCUT2D eigenvalue weighted by molar-refractivity contribution is 6.05. The van der Waals surface area contributed by atoms with Crippen molar-refractivity contribution in [3.63, 3.8) is 0 Å². The number of hydrogen-bond acceptors (Lipinski definition) is 4. The summed E-state index contributed by atoms with van der Waals surface area (Å²) in [7, 11) is 0. The Hall–Kier alpha value is -1.39. The Morgan fingerprint density at radius 1 is 1.62 bits per heavy atom. The maximum absolute atomic E-state index is 10.9. The van der Waals surface area contributed by atoms with Crippen LogP contribution < -0.4 is 5.32 Å². The Balaban J connectivity index is 2.41. The van der Waals surface area contributed by atoms with E-state index in [1.54, 1.807) is 0 Å². The number of amides is 2. The average molecular weight is 185 g/mol. The molecular formula is C8H11NO4. The standard InChI is InChI=1S/C8H11NO4/c1-2-3-7(11)13-5-4-6(10)9-8(5)12/h5H,2-4H2,1H3,(H,9,10,12). The van der Waals surface area contributed by atoms with Crippen molar-refractivity contribution in [1.29, 1.82) is 0 Å². The molecule has 1 heterocycles. The molecule has 1 saturated heterocycles. The summed E-state index contributed by atoms with van der Waals surface area (Å²) in [6.45, 7) is 1.83. The lowest BCUT2D eigenvalue weighted by molar-refractivity contribution is -0.154. The molecule has 1 rings (SSSR count). The van der Waals surface area contributed by atoms with Gasteiger partial charge in [-0.25, -0.2) is 0 Å². The fourth-order valence-electron chi connectivity index (χ4n) is 1.05. The second-order valence-electron chi connectivity index (χ2n) is 2.85. The Kier molecular flexibility index (Phi) is 3.00. The molecule has 0 aromatic heterocycles. The topological polar surface area (TPSA) is 72.5 Å². The van der Waals surface area contributed by atoms with E-state index < -0.39 is 18.0 Å². The Morgan fingerprint density at radius 2 is 2.31 bits per heavy atom. The first-order valence-electron chi connectivity index (χ1n) is 4.16. The van der Waals surface area contributed by atoms with Gasteiger partial charge >= 0.3 is 5.97 Å². The predicted octanol–water partition coefficient (Wildman–Crippen LogP) is -0.255. The van der Waals surface area contributed by atoms with Crippen LogP contribution >= 0.6 is 0 Å². The van der Waals surface area contributed by atoms with E-state index in [0.29, 0.717) is 6.42 Å². The van der Waals surface area contributed by atoms with E-state index in [9.17, 15) is 14.4 Å². The quantitative estimate of drug-likeness (QED) is 0.486. The molecule has 0 saturated carbocycles. The number of nitrogens with one attached hydrogen (secondary N) is 1. The van der Waals surface area contributed by atoms with Gasteiger partial charge in [0.2, 0.25) is 5.91 Å². The monoisotopic (exact) mass is 185 g/mol. The smallest absolute Gasteiger partial charge is 0.306 e. The molecule has 0 bridgehead atoms. The van der Waals surface area contributed by atoms with Gasteiger partial charge < -0.3 is 4.74 Å². The molecule has 0 radical (unpaired) electrons. The van der Waals surface area contributed by atoms with Gasteiger partial charge in [-0.15, -0.1) is 0 Å². The lowest BCUT2D eigenvalue weighted by atomic mass is 10.3. The van der Waals surface area contributed by atoms with Gasteiger partial charge in [0, 0.05) is 6.42 Å². The molecule has 1 fully saturated rings. The van der Waals surface area contributed by atoms with Gasteiger partial charge in [-0.3, -0.25) is 19.7 Å².